The maximum absolute atomic E-state index is 11.4. The van der Waals surface area contributed by atoms with Crippen molar-refractivity contribution in [1.82, 2.24) is 4.90 Å². The first-order valence-corrected chi connectivity index (χ1v) is 11.4. The molecule has 2 atom stereocenters. The van der Waals surface area contributed by atoms with E-state index in [-0.39, 0.29) is 11.6 Å². The number of fused-ring (bicyclic) bond motifs is 1. The molecule has 2 aliphatic heterocycles. The molecule has 2 aromatic rings. The lowest BCUT2D eigenvalue weighted by Crippen LogP contribution is -2.60. The van der Waals surface area contributed by atoms with Crippen LogP contribution < -0.4 is 4.74 Å². The Kier molecular flexibility index (Phi) is 5.94. The van der Waals surface area contributed by atoms with Gasteiger partial charge in [0.25, 0.3) is 0 Å². The van der Waals surface area contributed by atoms with Gasteiger partial charge in [-0.1, -0.05) is 42.5 Å². The summed E-state index contributed by atoms with van der Waals surface area (Å²) in [5.41, 5.74) is 2.08. The molecule has 1 N–H and O–H groups in total. The molecule has 1 fully saturated rings. The number of hydrogen-bond donors (Lipinski definition) is 1. The standard InChI is InChI=1S/C24H31NO3S/c1-23(2,3)25-15-20(28-24(26,17-25)19-11-5-4-6-12-19)16-27-21-13-7-9-18-10-8-14-29-22(18)21/h4-7,9,11-13,20,26H,8,10,14-17H2,1-3H3. The van der Waals surface area contributed by atoms with Crippen LogP contribution in [-0.2, 0) is 16.9 Å². The van der Waals surface area contributed by atoms with Gasteiger partial charge < -0.3 is 14.6 Å². The van der Waals surface area contributed by atoms with Crippen LogP contribution in [0.3, 0.4) is 0 Å². The Morgan fingerprint density at radius 3 is 2.72 bits per heavy atom. The van der Waals surface area contributed by atoms with E-state index in [1.165, 1.54) is 16.9 Å². The Bertz CT molecular complexity index is 836. The van der Waals surface area contributed by atoms with Gasteiger partial charge in [-0.25, -0.2) is 0 Å². The molecule has 29 heavy (non-hydrogen) atoms. The third kappa shape index (κ3) is 4.64. The van der Waals surface area contributed by atoms with Gasteiger partial charge in [0.1, 0.15) is 18.5 Å². The number of benzene rings is 2. The molecule has 0 bridgehead atoms. The zero-order valence-corrected chi connectivity index (χ0v) is 18.4. The van der Waals surface area contributed by atoms with Crippen molar-refractivity contribution in [3.8, 4) is 5.75 Å². The van der Waals surface area contributed by atoms with Gasteiger partial charge in [-0.05, 0) is 51.0 Å². The topological polar surface area (TPSA) is 41.9 Å². The molecule has 2 heterocycles. The molecule has 4 rings (SSSR count). The van der Waals surface area contributed by atoms with Gasteiger partial charge in [-0.2, -0.15) is 0 Å². The van der Waals surface area contributed by atoms with Crippen molar-refractivity contribution in [3.05, 3.63) is 59.7 Å². The molecule has 5 heteroatoms. The minimum absolute atomic E-state index is 0.0768. The molecule has 2 aliphatic rings. The second-order valence-electron chi connectivity index (χ2n) is 8.95. The molecule has 4 nitrogen and oxygen atoms in total. The summed E-state index contributed by atoms with van der Waals surface area (Å²) in [5, 5.41) is 11.4. The second-order valence-corrected chi connectivity index (χ2v) is 10.1. The van der Waals surface area contributed by atoms with E-state index in [0.29, 0.717) is 13.2 Å². The molecule has 0 spiro atoms. The van der Waals surface area contributed by atoms with Crippen LogP contribution in [0.1, 0.15) is 38.3 Å². The Morgan fingerprint density at radius 1 is 1.17 bits per heavy atom. The number of β-amino-alcohol motifs (C(OH)–C–C–N with tert-alkyl or cyclic N) is 1. The first kappa shape index (κ1) is 20.7. The predicted molar refractivity (Wildman–Crippen MR) is 118 cm³/mol. The third-order valence-electron chi connectivity index (χ3n) is 5.69. The zero-order chi connectivity index (χ0) is 20.5. The maximum Gasteiger partial charge on any atom is 0.205 e. The highest BCUT2D eigenvalue weighted by atomic mass is 32.2. The van der Waals surface area contributed by atoms with Crippen LogP contribution in [0.4, 0.5) is 0 Å². The van der Waals surface area contributed by atoms with Crippen LogP contribution >= 0.6 is 11.8 Å². The fourth-order valence-electron chi connectivity index (χ4n) is 4.03. The van der Waals surface area contributed by atoms with Crippen LogP contribution in [0, 0.1) is 0 Å². The smallest absolute Gasteiger partial charge is 0.205 e. The van der Waals surface area contributed by atoms with E-state index in [1.807, 2.05) is 48.2 Å². The quantitative estimate of drug-likeness (QED) is 0.802. The fraction of sp³-hybridized carbons (Fsp3) is 0.500. The summed E-state index contributed by atoms with van der Waals surface area (Å²) in [7, 11) is 0. The fourth-order valence-corrected chi connectivity index (χ4v) is 5.15. The van der Waals surface area contributed by atoms with Crippen LogP contribution in [-0.4, -0.2) is 47.1 Å². The zero-order valence-electron chi connectivity index (χ0n) is 17.6. The van der Waals surface area contributed by atoms with Gasteiger partial charge in [0.15, 0.2) is 0 Å². The predicted octanol–water partition coefficient (Wildman–Crippen LogP) is 4.45. The second kappa shape index (κ2) is 8.31. The van der Waals surface area contributed by atoms with Crippen molar-refractivity contribution in [3.63, 3.8) is 0 Å². The summed E-state index contributed by atoms with van der Waals surface area (Å²) in [6.45, 7) is 8.09. The minimum atomic E-state index is -1.34. The molecule has 0 aliphatic carbocycles. The van der Waals surface area contributed by atoms with Crippen LogP contribution in [0.5, 0.6) is 5.75 Å². The molecular formula is C24H31NO3S. The minimum Gasteiger partial charge on any atom is -0.490 e. The van der Waals surface area contributed by atoms with E-state index in [1.54, 1.807) is 0 Å². The monoisotopic (exact) mass is 413 g/mol. The van der Waals surface area contributed by atoms with Gasteiger partial charge >= 0.3 is 0 Å². The van der Waals surface area contributed by atoms with E-state index in [9.17, 15) is 5.11 Å². The summed E-state index contributed by atoms with van der Waals surface area (Å²) in [6, 6.07) is 16.0. The normalized spacial score (nSPS) is 25.4. The van der Waals surface area contributed by atoms with E-state index < -0.39 is 5.79 Å². The number of ether oxygens (including phenoxy) is 2. The summed E-state index contributed by atoms with van der Waals surface area (Å²) < 4.78 is 12.5. The highest BCUT2D eigenvalue weighted by Gasteiger charge is 2.44. The van der Waals surface area contributed by atoms with Crippen LogP contribution in [0.25, 0.3) is 0 Å². The van der Waals surface area contributed by atoms with Crippen LogP contribution in [0.15, 0.2) is 53.4 Å². The van der Waals surface area contributed by atoms with Gasteiger partial charge in [0.05, 0.1) is 11.4 Å². The summed E-state index contributed by atoms with van der Waals surface area (Å²) in [4.78, 5) is 3.55. The number of aryl methyl sites for hydroxylation is 1. The van der Waals surface area contributed by atoms with E-state index >= 15 is 0 Å². The van der Waals surface area contributed by atoms with Crippen molar-refractivity contribution in [2.45, 2.75) is 55.9 Å². The Morgan fingerprint density at radius 2 is 1.97 bits per heavy atom. The molecule has 2 aromatic carbocycles. The van der Waals surface area contributed by atoms with Crippen molar-refractivity contribution in [2.24, 2.45) is 0 Å². The van der Waals surface area contributed by atoms with Crippen molar-refractivity contribution in [1.29, 1.82) is 0 Å². The molecule has 156 valence electrons. The van der Waals surface area contributed by atoms with Crippen molar-refractivity contribution >= 4 is 11.8 Å². The maximum atomic E-state index is 11.4. The molecule has 0 amide bonds. The van der Waals surface area contributed by atoms with E-state index in [0.717, 1.165) is 30.0 Å². The first-order chi connectivity index (χ1) is 13.9. The van der Waals surface area contributed by atoms with Gasteiger partial charge in [-0.3, -0.25) is 4.90 Å². The summed E-state index contributed by atoms with van der Waals surface area (Å²) in [6.07, 6.45) is 2.11. The van der Waals surface area contributed by atoms with Gasteiger partial charge in [0, 0.05) is 17.6 Å². The van der Waals surface area contributed by atoms with Crippen LogP contribution in [0.2, 0.25) is 0 Å². The Hall–Kier alpha value is -1.53. The van der Waals surface area contributed by atoms with Gasteiger partial charge in [-0.15, -0.1) is 11.8 Å². The third-order valence-corrected chi connectivity index (χ3v) is 6.93. The Labute approximate surface area is 178 Å². The largest absolute Gasteiger partial charge is 0.490 e. The van der Waals surface area contributed by atoms with Crippen molar-refractivity contribution in [2.75, 3.05) is 25.4 Å². The lowest BCUT2D eigenvalue weighted by atomic mass is 9.97. The summed E-state index contributed by atoms with van der Waals surface area (Å²) >= 11 is 1.88. The molecule has 0 aromatic heterocycles. The average Bonchev–Trinajstić information content (AvgIpc) is 2.72. The van der Waals surface area contributed by atoms with Crippen molar-refractivity contribution < 1.29 is 14.6 Å². The van der Waals surface area contributed by atoms with E-state index in [2.05, 4.69) is 37.8 Å². The first-order valence-electron chi connectivity index (χ1n) is 10.4. The lowest BCUT2D eigenvalue weighted by molar-refractivity contribution is -0.288. The number of hydrogen-bond acceptors (Lipinski definition) is 5. The molecular weight excluding hydrogens is 382 g/mol. The average molecular weight is 414 g/mol. The highest BCUT2D eigenvalue weighted by molar-refractivity contribution is 7.99. The Balaban J connectivity index is 1.53. The molecule has 2 unspecified atom stereocenters. The molecule has 0 radical (unpaired) electrons. The number of rotatable bonds is 4. The lowest BCUT2D eigenvalue weighted by Gasteiger charge is -2.48. The highest BCUT2D eigenvalue weighted by Crippen LogP contribution is 2.38. The number of morpholine rings is 1. The molecule has 1 saturated heterocycles. The van der Waals surface area contributed by atoms with E-state index in [4.69, 9.17) is 9.47 Å². The number of thioether (sulfide) groups is 1. The number of aliphatic hydroxyl groups is 1. The van der Waals surface area contributed by atoms with Gasteiger partial charge in [0.2, 0.25) is 5.79 Å². The summed E-state index contributed by atoms with van der Waals surface area (Å²) in [5.74, 6) is 0.733. The number of nitrogens with zero attached hydrogens (tertiary/aromatic N) is 1. The molecule has 0 saturated carbocycles. The SMILES string of the molecule is CC(C)(C)N1CC(COc2cccc3c2SCCC3)OC(O)(c2ccccc2)C1.